The molecule has 0 fully saturated rings. The molecule has 0 spiro atoms. The van der Waals surface area contributed by atoms with E-state index < -0.39 is 67.5 Å². The third-order valence-electron chi connectivity index (χ3n) is 5.66. The number of aliphatic hydroxyl groups is 7. The summed E-state index contributed by atoms with van der Waals surface area (Å²) in [6, 6.07) is 0. The molecule has 11 heteroatoms. The highest BCUT2D eigenvalue weighted by molar-refractivity contribution is 5.17. The van der Waals surface area contributed by atoms with Crippen molar-refractivity contribution in [2.75, 3.05) is 19.8 Å². The van der Waals surface area contributed by atoms with Crippen molar-refractivity contribution in [3.8, 4) is 0 Å². The summed E-state index contributed by atoms with van der Waals surface area (Å²) >= 11 is 0. The largest absolute Gasteiger partial charge is 0.506 e. The number of rotatable bonds is 14. The van der Waals surface area contributed by atoms with E-state index in [0.29, 0.717) is 0 Å². The highest BCUT2D eigenvalue weighted by Crippen LogP contribution is 2.31. The molecule has 0 aliphatic carbocycles. The first-order chi connectivity index (χ1) is 15.8. The Morgan fingerprint density at radius 2 is 1.48 bits per heavy atom. The fourth-order valence-corrected chi connectivity index (χ4v) is 3.64. The van der Waals surface area contributed by atoms with Gasteiger partial charge >= 0.3 is 0 Å². The van der Waals surface area contributed by atoms with Gasteiger partial charge in [-0.25, -0.2) is 0 Å². The number of aliphatic hydroxyl groups excluding tert-OH is 7. The third kappa shape index (κ3) is 7.44. The first kappa shape index (κ1) is 27.6. The van der Waals surface area contributed by atoms with Crippen LogP contribution in [-0.2, 0) is 18.9 Å². The van der Waals surface area contributed by atoms with Crippen molar-refractivity contribution in [1.29, 1.82) is 0 Å². The maximum atomic E-state index is 10.5. The minimum absolute atomic E-state index is 0.253. The highest BCUT2D eigenvalue weighted by Gasteiger charge is 2.44. The van der Waals surface area contributed by atoms with E-state index in [1.54, 1.807) is 0 Å². The van der Waals surface area contributed by atoms with E-state index in [1.165, 1.54) is 25.7 Å². The molecular formula is C22H38O11. The third-order valence-corrected chi connectivity index (χ3v) is 5.66. The molecule has 2 aliphatic heterocycles. The van der Waals surface area contributed by atoms with Crippen LogP contribution in [0.5, 0.6) is 0 Å². The molecule has 0 amide bonds. The Bertz CT molecular complexity index is 650. The molecule has 2 aliphatic rings. The standard InChI is InChI=1S/C22H38O11/c1-2-3-4-5-6-7-8-9-10-30-21-19(29)17(27)20(14(12-24)32-21)33-22-18(28)16(26)15(25)13(11-23)31-22/h13,15,17,19,21-29H,2-12H2,1H3/t13?,15-,17+,19-,21?,22-/m1/s1. The quantitative estimate of drug-likeness (QED) is 0.176. The summed E-state index contributed by atoms with van der Waals surface area (Å²) in [6.45, 7) is 1.06. The summed E-state index contributed by atoms with van der Waals surface area (Å²) in [6.07, 6.45) is -0.329. The van der Waals surface area contributed by atoms with E-state index in [4.69, 9.17) is 18.9 Å². The van der Waals surface area contributed by atoms with Crippen LogP contribution in [0.1, 0.15) is 58.3 Å². The average molecular weight is 479 g/mol. The van der Waals surface area contributed by atoms with Crippen LogP contribution in [0.15, 0.2) is 23.0 Å². The maximum Gasteiger partial charge on any atom is 0.262 e. The first-order valence-corrected chi connectivity index (χ1v) is 11.6. The molecule has 7 N–H and O–H groups in total. The van der Waals surface area contributed by atoms with Crippen molar-refractivity contribution in [2.45, 2.75) is 95.3 Å². The van der Waals surface area contributed by atoms with Gasteiger partial charge in [-0.15, -0.1) is 0 Å². The van der Waals surface area contributed by atoms with Crippen LogP contribution in [0.25, 0.3) is 0 Å². The molecule has 2 unspecified atom stereocenters. The van der Waals surface area contributed by atoms with Gasteiger partial charge in [0, 0.05) is 0 Å². The molecule has 192 valence electrons. The predicted octanol–water partition coefficient (Wildman–Crippen LogP) is 0.848. The Kier molecular flexibility index (Phi) is 11.7. The van der Waals surface area contributed by atoms with Gasteiger partial charge < -0.3 is 54.7 Å². The molecule has 33 heavy (non-hydrogen) atoms. The second-order valence-electron chi connectivity index (χ2n) is 8.24. The molecule has 0 aromatic rings. The Hall–Kier alpha value is -1.60. The van der Waals surface area contributed by atoms with Gasteiger partial charge in [0.25, 0.3) is 6.29 Å². The normalized spacial score (nSPS) is 30.5. The van der Waals surface area contributed by atoms with Crippen molar-refractivity contribution in [2.24, 2.45) is 0 Å². The SMILES string of the molecule is CCCCCCCCCCOC1OC(CO)=C(O[C@H]2OC(CO)[C@@H](O)C(O)=C2O)[C@@H](O)[C@H]1O. The molecule has 0 aromatic heterocycles. The predicted molar refractivity (Wildman–Crippen MR) is 115 cm³/mol. The molecule has 11 nitrogen and oxygen atoms in total. The molecule has 2 rings (SSSR count). The molecule has 0 bridgehead atoms. The van der Waals surface area contributed by atoms with Gasteiger partial charge in [0.15, 0.2) is 17.3 Å². The van der Waals surface area contributed by atoms with Crippen LogP contribution in [0.2, 0.25) is 0 Å². The van der Waals surface area contributed by atoms with Gasteiger partial charge in [-0.05, 0) is 6.42 Å². The number of hydrogen-bond donors (Lipinski definition) is 7. The Balaban J connectivity index is 1.91. The summed E-state index contributed by atoms with van der Waals surface area (Å²) in [4.78, 5) is 0. The van der Waals surface area contributed by atoms with Crippen LogP contribution in [0, 0.1) is 0 Å². The monoisotopic (exact) mass is 478 g/mol. The van der Waals surface area contributed by atoms with Gasteiger partial charge in [-0.3, -0.25) is 0 Å². The number of hydrogen-bond acceptors (Lipinski definition) is 11. The Morgan fingerprint density at radius 1 is 0.848 bits per heavy atom. The van der Waals surface area contributed by atoms with Gasteiger partial charge in [0.05, 0.1) is 13.2 Å². The lowest BCUT2D eigenvalue weighted by Gasteiger charge is -2.37. The molecule has 0 radical (unpaired) electrons. The molecule has 6 atom stereocenters. The van der Waals surface area contributed by atoms with Crippen LogP contribution >= 0.6 is 0 Å². The second kappa shape index (κ2) is 14.0. The fraction of sp³-hybridized carbons (Fsp3) is 0.818. The summed E-state index contributed by atoms with van der Waals surface area (Å²) in [5.41, 5.74) is 0. The average Bonchev–Trinajstić information content (AvgIpc) is 2.82. The van der Waals surface area contributed by atoms with Crippen molar-refractivity contribution in [3.05, 3.63) is 23.0 Å². The maximum absolute atomic E-state index is 10.5. The zero-order valence-electron chi connectivity index (χ0n) is 19.0. The van der Waals surface area contributed by atoms with Crippen LogP contribution in [0.4, 0.5) is 0 Å². The molecule has 0 aromatic carbocycles. The van der Waals surface area contributed by atoms with Crippen molar-refractivity contribution in [1.82, 2.24) is 0 Å². The minimum atomic E-state index is -1.72. The van der Waals surface area contributed by atoms with Crippen molar-refractivity contribution >= 4 is 0 Å². The lowest BCUT2D eigenvalue weighted by Crippen LogP contribution is -2.49. The van der Waals surface area contributed by atoms with E-state index in [0.717, 1.165) is 25.7 Å². The number of unbranched alkanes of at least 4 members (excludes halogenated alkanes) is 7. The molecule has 0 saturated carbocycles. The highest BCUT2D eigenvalue weighted by atomic mass is 16.7. The Labute approximate surface area is 193 Å². The summed E-state index contributed by atoms with van der Waals surface area (Å²) in [7, 11) is 0. The minimum Gasteiger partial charge on any atom is -0.506 e. The van der Waals surface area contributed by atoms with Crippen LogP contribution < -0.4 is 0 Å². The second-order valence-corrected chi connectivity index (χ2v) is 8.24. The Morgan fingerprint density at radius 3 is 2.09 bits per heavy atom. The van der Waals surface area contributed by atoms with Gasteiger partial charge in [0.2, 0.25) is 12.0 Å². The van der Waals surface area contributed by atoms with Crippen LogP contribution in [0.3, 0.4) is 0 Å². The van der Waals surface area contributed by atoms with Gasteiger partial charge in [0.1, 0.15) is 31.0 Å². The van der Waals surface area contributed by atoms with Crippen LogP contribution in [-0.4, -0.2) is 92.6 Å². The van der Waals surface area contributed by atoms with E-state index in [9.17, 15) is 35.7 Å². The zero-order valence-corrected chi connectivity index (χ0v) is 19.0. The zero-order chi connectivity index (χ0) is 24.4. The molecular weight excluding hydrogens is 440 g/mol. The number of ether oxygens (including phenoxy) is 4. The van der Waals surface area contributed by atoms with Gasteiger partial charge in [-0.2, -0.15) is 0 Å². The van der Waals surface area contributed by atoms with Crippen molar-refractivity contribution in [3.63, 3.8) is 0 Å². The van der Waals surface area contributed by atoms with E-state index in [-0.39, 0.29) is 12.4 Å². The lowest BCUT2D eigenvalue weighted by atomic mass is 10.1. The molecule has 0 saturated heterocycles. The van der Waals surface area contributed by atoms with Gasteiger partial charge in [-0.1, -0.05) is 51.9 Å². The summed E-state index contributed by atoms with van der Waals surface area (Å²) in [5.74, 6) is -2.44. The van der Waals surface area contributed by atoms with E-state index in [2.05, 4.69) is 6.92 Å². The smallest absolute Gasteiger partial charge is 0.262 e. The van der Waals surface area contributed by atoms with E-state index in [1.807, 2.05) is 0 Å². The van der Waals surface area contributed by atoms with E-state index >= 15 is 0 Å². The lowest BCUT2D eigenvalue weighted by molar-refractivity contribution is -0.241. The topological polar surface area (TPSA) is 179 Å². The summed E-state index contributed by atoms with van der Waals surface area (Å²) < 4.78 is 21.5. The first-order valence-electron chi connectivity index (χ1n) is 11.6. The fourth-order valence-electron chi connectivity index (χ4n) is 3.64. The summed E-state index contributed by atoms with van der Waals surface area (Å²) in [5, 5.41) is 69.4. The molecule has 2 heterocycles. The van der Waals surface area contributed by atoms with Crippen molar-refractivity contribution < 1.29 is 54.7 Å².